The Morgan fingerprint density at radius 3 is 3.00 bits per heavy atom. The van der Waals surface area contributed by atoms with E-state index in [1.54, 1.807) is 6.20 Å². The van der Waals surface area contributed by atoms with Crippen molar-refractivity contribution >= 4 is 5.97 Å². The van der Waals surface area contributed by atoms with Gasteiger partial charge in [0.05, 0.1) is 12.9 Å². The van der Waals surface area contributed by atoms with E-state index in [9.17, 15) is 4.79 Å². The Labute approximate surface area is 126 Å². The Morgan fingerprint density at radius 2 is 2.33 bits per heavy atom. The molecule has 1 heterocycles. The zero-order valence-electron chi connectivity index (χ0n) is 12.8. The predicted molar refractivity (Wildman–Crippen MR) is 79.7 cm³/mol. The van der Waals surface area contributed by atoms with E-state index in [-0.39, 0.29) is 5.97 Å². The highest BCUT2D eigenvalue weighted by Crippen LogP contribution is 2.41. The molecule has 0 radical (unpaired) electrons. The van der Waals surface area contributed by atoms with Gasteiger partial charge in [0.25, 0.3) is 0 Å². The number of nitrogens with one attached hydrogen (secondary N) is 1. The average Bonchev–Trinajstić information content (AvgIpc) is 2.98. The highest BCUT2D eigenvalue weighted by atomic mass is 16.5. The molecule has 0 amide bonds. The van der Waals surface area contributed by atoms with Gasteiger partial charge in [-0.1, -0.05) is 6.42 Å². The second kappa shape index (κ2) is 6.18. The monoisotopic (exact) mass is 291 g/mol. The summed E-state index contributed by atoms with van der Waals surface area (Å²) in [6, 6.07) is 0.517. The van der Waals surface area contributed by atoms with Crippen LogP contribution in [0.4, 0.5) is 0 Å². The minimum absolute atomic E-state index is 0.0370. The van der Waals surface area contributed by atoms with Crippen molar-refractivity contribution in [2.75, 3.05) is 6.61 Å². The van der Waals surface area contributed by atoms with Crippen LogP contribution in [0.25, 0.3) is 0 Å². The molecule has 2 aliphatic carbocycles. The fourth-order valence-electron chi connectivity index (χ4n) is 3.56. The standard InChI is InChI=1S/C16H25N3O2/c1-2-21-15(20)16(18-14-5-6-14)8-3-4-13(16)7-10-19-11-9-17-12-19/h9,11-14,18H,2-8,10H2,1H3. The summed E-state index contributed by atoms with van der Waals surface area (Å²) in [5.41, 5.74) is -0.447. The third kappa shape index (κ3) is 3.12. The van der Waals surface area contributed by atoms with Crippen LogP contribution >= 0.6 is 0 Å². The summed E-state index contributed by atoms with van der Waals surface area (Å²) in [5, 5.41) is 3.63. The quantitative estimate of drug-likeness (QED) is 0.782. The number of hydrogen-bond donors (Lipinski definition) is 1. The van der Waals surface area contributed by atoms with E-state index in [2.05, 4.69) is 14.9 Å². The first-order valence-corrected chi connectivity index (χ1v) is 8.15. The van der Waals surface area contributed by atoms with Crippen LogP contribution in [0, 0.1) is 5.92 Å². The molecule has 0 saturated heterocycles. The highest BCUT2D eigenvalue weighted by molar-refractivity contribution is 5.82. The largest absolute Gasteiger partial charge is 0.465 e. The van der Waals surface area contributed by atoms with Gasteiger partial charge < -0.3 is 9.30 Å². The van der Waals surface area contributed by atoms with Gasteiger partial charge in [-0.3, -0.25) is 10.1 Å². The number of carbonyl (C=O) groups is 1. The number of nitrogens with zero attached hydrogens (tertiary/aromatic N) is 2. The van der Waals surface area contributed by atoms with E-state index >= 15 is 0 Å². The van der Waals surface area contributed by atoms with Crippen molar-refractivity contribution in [1.29, 1.82) is 0 Å². The van der Waals surface area contributed by atoms with E-state index in [0.29, 0.717) is 18.6 Å². The normalized spacial score (nSPS) is 28.7. The maximum absolute atomic E-state index is 12.6. The van der Waals surface area contributed by atoms with Gasteiger partial charge in [-0.15, -0.1) is 0 Å². The van der Waals surface area contributed by atoms with Crippen LogP contribution in [0.5, 0.6) is 0 Å². The molecule has 0 aromatic carbocycles. The maximum Gasteiger partial charge on any atom is 0.326 e. The van der Waals surface area contributed by atoms with Crippen molar-refractivity contribution in [1.82, 2.24) is 14.9 Å². The number of rotatable bonds is 7. The van der Waals surface area contributed by atoms with Crippen molar-refractivity contribution < 1.29 is 9.53 Å². The van der Waals surface area contributed by atoms with Crippen LogP contribution in [0.1, 0.15) is 45.4 Å². The number of ether oxygens (including phenoxy) is 1. The molecule has 2 aliphatic rings. The van der Waals surface area contributed by atoms with Gasteiger partial charge in [0, 0.05) is 25.0 Å². The maximum atomic E-state index is 12.6. The lowest BCUT2D eigenvalue weighted by molar-refractivity contribution is -0.153. The topological polar surface area (TPSA) is 56.1 Å². The summed E-state index contributed by atoms with van der Waals surface area (Å²) in [6.45, 7) is 3.26. The lowest BCUT2D eigenvalue weighted by atomic mass is 9.84. The summed E-state index contributed by atoms with van der Waals surface area (Å²) < 4.78 is 7.49. The number of imidazole rings is 1. The molecule has 2 unspecified atom stereocenters. The number of aryl methyl sites for hydroxylation is 1. The fraction of sp³-hybridized carbons (Fsp3) is 0.750. The SMILES string of the molecule is CCOC(=O)C1(NC2CC2)CCCC1CCn1ccnc1. The average molecular weight is 291 g/mol. The molecule has 5 heteroatoms. The van der Waals surface area contributed by atoms with E-state index in [0.717, 1.165) is 32.2 Å². The molecule has 2 saturated carbocycles. The summed E-state index contributed by atoms with van der Waals surface area (Å²) in [6.07, 6.45) is 12.1. The Kier molecular flexibility index (Phi) is 4.29. The van der Waals surface area contributed by atoms with E-state index < -0.39 is 5.54 Å². The molecular formula is C16H25N3O2. The number of esters is 1. The third-order valence-corrected chi connectivity index (χ3v) is 4.79. The zero-order chi connectivity index (χ0) is 14.7. The van der Waals surface area contributed by atoms with Crippen molar-refractivity contribution in [2.24, 2.45) is 5.92 Å². The molecule has 0 spiro atoms. The van der Waals surface area contributed by atoms with E-state index in [4.69, 9.17) is 4.74 Å². The van der Waals surface area contributed by atoms with Gasteiger partial charge in [-0.2, -0.15) is 0 Å². The third-order valence-electron chi connectivity index (χ3n) is 4.79. The summed E-state index contributed by atoms with van der Waals surface area (Å²) in [5.74, 6) is 0.324. The molecule has 0 bridgehead atoms. The predicted octanol–water partition coefficient (Wildman–Crippen LogP) is 2.13. The van der Waals surface area contributed by atoms with Crippen molar-refractivity contribution in [2.45, 2.75) is 63.6 Å². The summed E-state index contributed by atoms with van der Waals surface area (Å²) >= 11 is 0. The second-order valence-electron chi connectivity index (χ2n) is 6.29. The lowest BCUT2D eigenvalue weighted by Crippen LogP contribution is -2.56. The molecule has 3 rings (SSSR count). The first-order valence-electron chi connectivity index (χ1n) is 8.15. The lowest BCUT2D eigenvalue weighted by Gasteiger charge is -2.34. The summed E-state index contributed by atoms with van der Waals surface area (Å²) in [4.78, 5) is 16.7. The first-order chi connectivity index (χ1) is 10.2. The molecular weight excluding hydrogens is 266 g/mol. The zero-order valence-corrected chi connectivity index (χ0v) is 12.8. The number of aromatic nitrogens is 2. The van der Waals surface area contributed by atoms with Gasteiger partial charge in [-0.05, 0) is 44.9 Å². The van der Waals surface area contributed by atoms with Crippen LogP contribution < -0.4 is 5.32 Å². The minimum Gasteiger partial charge on any atom is -0.465 e. The summed E-state index contributed by atoms with van der Waals surface area (Å²) in [7, 11) is 0. The van der Waals surface area contributed by atoms with Gasteiger partial charge in [0.2, 0.25) is 0 Å². The van der Waals surface area contributed by atoms with Gasteiger partial charge in [0.1, 0.15) is 5.54 Å². The smallest absolute Gasteiger partial charge is 0.326 e. The Balaban J connectivity index is 1.70. The Morgan fingerprint density at radius 1 is 1.48 bits per heavy atom. The van der Waals surface area contributed by atoms with Gasteiger partial charge in [-0.25, -0.2) is 4.98 Å². The van der Waals surface area contributed by atoms with Crippen molar-refractivity contribution in [3.8, 4) is 0 Å². The molecule has 1 aromatic heterocycles. The van der Waals surface area contributed by atoms with E-state index in [1.807, 2.05) is 19.4 Å². The molecule has 1 N–H and O–H groups in total. The van der Waals surface area contributed by atoms with Crippen LogP contribution in [-0.4, -0.2) is 33.7 Å². The van der Waals surface area contributed by atoms with Crippen molar-refractivity contribution in [3.05, 3.63) is 18.7 Å². The number of carbonyl (C=O) groups excluding carboxylic acids is 1. The van der Waals surface area contributed by atoms with E-state index in [1.165, 1.54) is 12.8 Å². The Bertz CT molecular complexity index is 470. The fourth-order valence-corrected chi connectivity index (χ4v) is 3.56. The van der Waals surface area contributed by atoms with Crippen LogP contribution in [0.2, 0.25) is 0 Å². The Hall–Kier alpha value is -1.36. The molecule has 2 fully saturated rings. The number of hydrogen-bond acceptors (Lipinski definition) is 4. The van der Waals surface area contributed by atoms with Gasteiger partial charge >= 0.3 is 5.97 Å². The van der Waals surface area contributed by atoms with Gasteiger partial charge in [0.15, 0.2) is 0 Å². The second-order valence-corrected chi connectivity index (χ2v) is 6.29. The van der Waals surface area contributed by atoms with Crippen LogP contribution in [-0.2, 0) is 16.1 Å². The van der Waals surface area contributed by atoms with Crippen molar-refractivity contribution in [3.63, 3.8) is 0 Å². The molecule has 2 atom stereocenters. The highest BCUT2D eigenvalue weighted by Gasteiger charge is 2.51. The molecule has 0 aliphatic heterocycles. The molecule has 1 aromatic rings. The molecule has 5 nitrogen and oxygen atoms in total. The first kappa shape index (κ1) is 14.6. The minimum atomic E-state index is -0.447. The molecule has 21 heavy (non-hydrogen) atoms. The van der Waals surface area contributed by atoms with Crippen LogP contribution in [0.3, 0.4) is 0 Å². The van der Waals surface area contributed by atoms with Crippen LogP contribution in [0.15, 0.2) is 18.7 Å². The molecule has 116 valence electrons.